The van der Waals surface area contributed by atoms with Gasteiger partial charge in [-0.25, -0.2) is 18.1 Å². The number of aryl methyl sites for hydroxylation is 3. The van der Waals surface area contributed by atoms with Crippen molar-refractivity contribution in [2.24, 2.45) is 0 Å². The molecule has 1 heterocycles. The first-order valence-corrected chi connectivity index (χ1v) is 11.9. The zero-order chi connectivity index (χ0) is 22.9. The lowest BCUT2D eigenvalue weighted by Gasteiger charge is -2.20. The van der Waals surface area contributed by atoms with Crippen LogP contribution in [0.3, 0.4) is 0 Å². The Hall–Kier alpha value is -2.64. The molecule has 166 valence electrons. The zero-order valence-electron chi connectivity index (χ0n) is 19.3. The number of imidazole rings is 1. The minimum Gasteiger partial charge on any atom is -0.426 e. The number of rotatable bonds is 7. The highest BCUT2D eigenvalue weighted by Gasteiger charge is 2.26. The van der Waals surface area contributed by atoms with Gasteiger partial charge in [0.25, 0.3) is 0 Å². The van der Waals surface area contributed by atoms with E-state index in [9.17, 15) is 8.42 Å². The largest absolute Gasteiger partial charge is 0.426 e. The van der Waals surface area contributed by atoms with Crippen molar-refractivity contribution >= 4 is 10.0 Å². The summed E-state index contributed by atoms with van der Waals surface area (Å²) >= 11 is 0. The highest BCUT2D eigenvalue weighted by molar-refractivity contribution is 7.89. The number of benzene rings is 2. The van der Waals surface area contributed by atoms with Crippen LogP contribution in [0.5, 0.6) is 11.8 Å². The van der Waals surface area contributed by atoms with E-state index in [1.54, 1.807) is 6.20 Å². The van der Waals surface area contributed by atoms with Gasteiger partial charge in [0, 0.05) is 6.54 Å². The van der Waals surface area contributed by atoms with Crippen molar-refractivity contribution in [2.45, 2.75) is 65.9 Å². The highest BCUT2D eigenvalue weighted by Crippen LogP contribution is 2.29. The van der Waals surface area contributed by atoms with Crippen molar-refractivity contribution in [3.05, 3.63) is 70.0 Å². The summed E-state index contributed by atoms with van der Waals surface area (Å²) in [4.78, 5) is 4.75. The van der Waals surface area contributed by atoms with Gasteiger partial charge in [-0.2, -0.15) is 0 Å². The van der Waals surface area contributed by atoms with Gasteiger partial charge in [-0.3, -0.25) is 4.57 Å². The van der Waals surface area contributed by atoms with Gasteiger partial charge in [0.15, 0.2) is 0 Å². The average molecular weight is 442 g/mol. The lowest BCUT2D eigenvalue weighted by atomic mass is 10.0. The van der Waals surface area contributed by atoms with Crippen LogP contribution in [0.15, 0.2) is 41.4 Å². The van der Waals surface area contributed by atoms with E-state index in [0.29, 0.717) is 23.2 Å². The number of ether oxygens (including phenoxy) is 1. The number of aromatic nitrogens is 2. The second-order valence-corrected chi connectivity index (χ2v) is 9.71. The third-order valence-corrected chi connectivity index (χ3v) is 7.55. The number of nitrogens with one attached hydrogen (secondary N) is 1. The SMILES string of the molecule is CCn1c(C(C)NS(=O)(=O)c2c(C)c(C)cc(C)c2C)cnc1Oc1ccc(C)cc1. The maximum atomic E-state index is 13.3. The Morgan fingerprint density at radius 2 is 1.61 bits per heavy atom. The van der Waals surface area contributed by atoms with Crippen molar-refractivity contribution in [1.82, 2.24) is 14.3 Å². The Morgan fingerprint density at radius 3 is 2.16 bits per heavy atom. The number of hydrogen-bond donors (Lipinski definition) is 1. The van der Waals surface area contributed by atoms with E-state index in [4.69, 9.17) is 4.74 Å². The van der Waals surface area contributed by atoms with E-state index in [2.05, 4.69) is 9.71 Å². The van der Waals surface area contributed by atoms with Crippen LogP contribution in [-0.2, 0) is 16.6 Å². The Labute approximate surface area is 185 Å². The van der Waals surface area contributed by atoms with E-state index in [1.807, 2.05) is 83.4 Å². The van der Waals surface area contributed by atoms with E-state index in [1.165, 1.54) is 0 Å². The third kappa shape index (κ3) is 4.67. The van der Waals surface area contributed by atoms with Crippen LogP contribution < -0.4 is 9.46 Å². The third-order valence-electron chi connectivity index (χ3n) is 5.74. The monoisotopic (exact) mass is 441 g/mol. The number of nitrogens with zero attached hydrogens (tertiary/aromatic N) is 2. The molecule has 0 radical (unpaired) electrons. The Morgan fingerprint density at radius 1 is 1.03 bits per heavy atom. The average Bonchev–Trinajstić information content (AvgIpc) is 3.10. The Bertz CT molecular complexity index is 1170. The second kappa shape index (κ2) is 8.85. The van der Waals surface area contributed by atoms with Gasteiger partial charge in [-0.1, -0.05) is 23.8 Å². The number of sulfonamides is 1. The molecule has 0 spiro atoms. The Balaban J connectivity index is 1.91. The van der Waals surface area contributed by atoms with E-state index < -0.39 is 16.1 Å². The van der Waals surface area contributed by atoms with Crippen molar-refractivity contribution in [1.29, 1.82) is 0 Å². The van der Waals surface area contributed by atoms with Gasteiger partial charge in [0.1, 0.15) is 5.75 Å². The summed E-state index contributed by atoms with van der Waals surface area (Å²) in [6, 6.07) is 9.71. The van der Waals surface area contributed by atoms with E-state index in [0.717, 1.165) is 33.5 Å². The minimum absolute atomic E-state index is 0.357. The molecule has 0 bridgehead atoms. The highest BCUT2D eigenvalue weighted by atomic mass is 32.2. The lowest BCUT2D eigenvalue weighted by molar-refractivity contribution is 0.408. The molecule has 0 amide bonds. The summed E-state index contributed by atoms with van der Waals surface area (Å²) in [6.45, 7) is 14.0. The molecule has 0 fully saturated rings. The fraction of sp³-hybridized carbons (Fsp3) is 0.375. The molecule has 6 nitrogen and oxygen atoms in total. The van der Waals surface area contributed by atoms with E-state index >= 15 is 0 Å². The summed E-state index contributed by atoms with van der Waals surface area (Å²) in [5.74, 6) is 0.687. The van der Waals surface area contributed by atoms with Gasteiger partial charge >= 0.3 is 6.01 Å². The molecule has 3 aromatic rings. The molecule has 0 saturated heterocycles. The molecule has 0 aliphatic carbocycles. The van der Waals surface area contributed by atoms with Crippen LogP contribution >= 0.6 is 0 Å². The second-order valence-electron chi connectivity index (χ2n) is 8.06. The molecule has 3 rings (SSSR count). The van der Waals surface area contributed by atoms with E-state index in [-0.39, 0.29) is 0 Å². The summed E-state index contributed by atoms with van der Waals surface area (Å²) < 4.78 is 37.3. The van der Waals surface area contributed by atoms with Gasteiger partial charge in [0.05, 0.1) is 22.8 Å². The molecule has 7 heteroatoms. The van der Waals surface area contributed by atoms with Crippen LogP contribution in [-0.4, -0.2) is 18.0 Å². The summed E-state index contributed by atoms with van der Waals surface area (Å²) in [5, 5.41) is 0. The first-order chi connectivity index (χ1) is 14.5. The molecule has 0 aliphatic heterocycles. The van der Waals surface area contributed by atoms with Crippen LogP contribution in [0, 0.1) is 34.6 Å². The summed E-state index contributed by atoms with van der Waals surface area (Å²) in [5.41, 5.74) is 5.36. The fourth-order valence-corrected chi connectivity index (χ4v) is 5.60. The standard InChI is InChI=1S/C24H31N3O3S/c1-8-27-22(14-25-24(27)30-21-11-9-15(2)10-12-21)20(7)26-31(28,29)23-18(5)16(3)13-17(4)19(23)6/h9-14,20,26H,8H2,1-7H3. The minimum atomic E-state index is -3.73. The predicted molar refractivity (Wildman–Crippen MR) is 123 cm³/mol. The van der Waals surface area contributed by atoms with Crippen LogP contribution in [0.2, 0.25) is 0 Å². The maximum Gasteiger partial charge on any atom is 0.302 e. The number of hydrogen-bond acceptors (Lipinski definition) is 4. The molecule has 0 aliphatic rings. The molecule has 31 heavy (non-hydrogen) atoms. The molecule has 1 aromatic heterocycles. The van der Waals surface area contributed by atoms with Gasteiger partial charge in [-0.05, 0) is 82.9 Å². The quantitative estimate of drug-likeness (QED) is 0.542. The van der Waals surface area contributed by atoms with Crippen LogP contribution in [0.25, 0.3) is 0 Å². The van der Waals surface area contributed by atoms with Gasteiger partial charge in [0.2, 0.25) is 10.0 Å². The molecule has 1 N–H and O–H groups in total. The van der Waals surface area contributed by atoms with Gasteiger partial charge < -0.3 is 4.74 Å². The predicted octanol–water partition coefficient (Wildman–Crippen LogP) is 5.28. The van der Waals surface area contributed by atoms with Crippen molar-refractivity contribution in [2.75, 3.05) is 0 Å². The topological polar surface area (TPSA) is 73.2 Å². The normalized spacial score (nSPS) is 12.7. The first-order valence-electron chi connectivity index (χ1n) is 10.4. The maximum absolute atomic E-state index is 13.3. The Kier molecular flexibility index (Phi) is 6.57. The molecule has 1 unspecified atom stereocenters. The summed E-state index contributed by atoms with van der Waals surface area (Å²) in [7, 11) is -3.73. The van der Waals surface area contributed by atoms with Crippen LogP contribution in [0.1, 0.15) is 53.4 Å². The van der Waals surface area contributed by atoms with Crippen molar-refractivity contribution in [3.8, 4) is 11.8 Å². The molecular weight excluding hydrogens is 410 g/mol. The first kappa shape index (κ1) is 23.0. The molecular formula is C24H31N3O3S. The van der Waals surface area contributed by atoms with Crippen LogP contribution in [0.4, 0.5) is 0 Å². The summed E-state index contributed by atoms with van der Waals surface area (Å²) in [6.07, 6.45) is 1.67. The van der Waals surface area contributed by atoms with Gasteiger partial charge in [-0.15, -0.1) is 0 Å². The van der Waals surface area contributed by atoms with Crippen molar-refractivity contribution in [3.63, 3.8) is 0 Å². The fourth-order valence-electron chi connectivity index (χ4n) is 3.76. The zero-order valence-corrected chi connectivity index (χ0v) is 20.1. The van der Waals surface area contributed by atoms with Crippen molar-refractivity contribution < 1.29 is 13.2 Å². The smallest absolute Gasteiger partial charge is 0.302 e. The molecule has 2 aromatic carbocycles. The lowest BCUT2D eigenvalue weighted by Crippen LogP contribution is -2.29. The molecule has 1 atom stereocenters. The molecule has 0 saturated carbocycles.